The fourth-order valence-corrected chi connectivity index (χ4v) is 2.61. The maximum Gasteiger partial charge on any atom is 0.134 e. The number of hydrogen-bond donors (Lipinski definition) is 1. The number of rotatable bonds is 4. The smallest absolute Gasteiger partial charge is 0.134 e. The van der Waals surface area contributed by atoms with Crippen molar-refractivity contribution in [1.29, 1.82) is 0 Å². The maximum atomic E-state index is 5.38. The summed E-state index contributed by atoms with van der Waals surface area (Å²) >= 11 is 0. The first-order valence-electron chi connectivity index (χ1n) is 7.38. The monoisotopic (exact) mass is 278 g/mol. The number of aromatic nitrogens is 2. The molecule has 0 saturated carbocycles. The van der Waals surface area contributed by atoms with Gasteiger partial charge in [-0.25, -0.2) is 9.97 Å². The van der Waals surface area contributed by atoms with Crippen LogP contribution < -0.4 is 10.2 Å². The largest absolute Gasteiger partial charge is 0.381 e. The van der Waals surface area contributed by atoms with Gasteiger partial charge >= 0.3 is 0 Å². The van der Waals surface area contributed by atoms with Gasteiger partial charge < -0.3 is 19.7 Å². The third-order valence-corrected chi connectivity index (χ3v) is 3.90. The van der Waals surface area contributed by atoms with Gasteiger partial charge in [-0.2, -0.15) is 0 Å². The third kappa shape index (κ3) is 3.58. The standard InChI is InChI=1S/C14H22N4O2/c1-5-19-6-2-12(1)10-15-13-9-14(17-11-16-13)18-3-7-20-8-4-18/h9,11-12H,1-8,10H2,(H,15,16,17). The molecule has 0 spiro atoms. The Hall–Kier alpha value is -1.40. The van der Waals surface area contributed by atoms with Crippen molar-refractivity contribution in [3.63, 3.8) is 0 Å². The van der Waals surface area contributed by atoms with Crippen LogP contribution in [0.5, 0.6) is 0 Å². The van der Waals surface area contributed by atoms with Crippen molar-refractivity contribution in [3.8, 4) is 0 Å². The predicted octanol–water partition coefficient (Wildman–Crippen LogP) is 1.15. The highest BCUT2D eigenvalue weighted by atomic mass is 16.5. The molecule has 3 rings (SSSR count). The molecular formula is C14H22N4O2. The first-order valence-corrected chi connectivity index (χ1v) is 7.38. The van der Waals surface area contributed by atoms with Crippen LogP contribution >= 0.6 is 0 Å². The Kier molecular flexibility index (Phi) is 4.65. The Morgan fingerprint density at radius 2 is 1.85 bits per heavy atom. The van der Waals surface area contributed by atoms with Gasteiger partial charge in [0.25, 0.3) is 0 Å². The molecule has 0 radical (unpaired) electrons. The van der Waals surface area contributed by atoms with Crippen molar-refractivity contribution < 1.29 is 9.47 Å². The van der Waals surface area contributed by atoms with E-state index >= 15 is 0 Å². The SMILES string of the molecule is c1nc(NCC2CCOCC2)cc(N2CCOCC2)n1. The van der Waals surface area contributed by atoms with Crippen molar-refractivity contribution in [2.75, 3.05) is 56.3 Å². The second-order valence-corrected chi connectivity index (χ2v) is 5.30. The van der Waals surface area contributed by atoms with E-state index in [9.17, 15) is 0 Å². The molecule has 0 unspecified atom stereocenters. The minimum Gasteiger partial charge on any atom is -0.381 e. The van der Waals surface area contributed by atoms with Gasteiger partial charge in [0.2, 0.25) is 0 Å². The topological polar surface area (TPSA) is 59.5 Å². The van der Waals surface area contributed by atoms with Crippen LogP contribution in [-0.4, -0.2) is 56.0 Å². The molecule has 2 fully saturated rings. The fourth-order valence-electron chi connectivity index (χ4n) is 2.61. The summed E-state index contributed by atoms with van der Waals surface area (Å²) in [5.41, 5.74) is 0. The maximum absolute atomic E-state index is 5.38. The van der Waals surface area contributed by atoms with Crippen LogP contribution in [0.2, 0.25) is 0 Å². The van der Waals surface area contributed by atoms with E-state index in [1.165, 1.54) is 0 Å². The van der Waals surface area contributed by atoms with Crippen molar-refractivity contribution in [1.82, 2.24) is 9.97 Å². The Morgan fingerprint density at radius 1 is 1.10 bits per heavy atom. The van der Waals surface area contributed by atoms with E-state index < -0.39 is 0 Å². The molecule has 1 aromatic heterocycles. The minimum absolute atomic E-state index is 0.686. The van der Waals surface area contributed by atoms with Gasteiger partial charge in [-0.05, 0) is 18.8 Å². The molecule has 3 heterocycles. The molecule has 0 amide bonds. The van der Waals surface area contributed by atoms with Gasteiger partial charge in [-0.1, -0.05) is 0 Å². The van der Waals surface area contributed by atoms with E-state index in [-0.39, 0.29) is 0 Å². The van der Waals surface area contributed by atoms with Crippen LogP contribution in [0.25, 0.3) is 0 Å². The van der Waals surface area contributed by atoms with E-state index in [4.69, 9.17) is 9.47 Å². The lowest BCUT2D eigenvalue weighted by atomic mass is 10.0. The van der Waals surface area contributed by atoms with Crippen LogP contribution in [0.4, 0.5) is 11.6 Å². The van der Waals surface area contributed by atoms with Crippen LogP contribution in [0.3, 0.4) is 0 Å². The number of anilines is 2. The fraction of sp³-hybridized carbons (Fsp3) is 0.714. The highest BCUT2D eigenvalue weighted by Gasteiger charge is 2.15. The van der Waals surface area contributed by atoms with Gasteiger partial charge in [-0.15, -0.1) is 0 Å². The van der Waals surface area contributed by atoms with Gasteiger partial charge in [0.05, 0.1) is 13.2 Å². The highest BCUT2D eigenvalue weighted by Crippen LogP contribution is 2.18. The molecule has 20 heavy (non-hydrogen) atoms. The quantitative estimate of drug-likeness (QED) is 0.891. The van der Waals surface area contributed by atoms with Gasteiger partial charge in [-0.3, -0.25) is 0 Å². The first-order chi connectivity index (χ1) is 9.92. The summed E-state index contributed by atoms with van der Waals surface area (Å²) in [5, 5.41) is 3.43. The number of nitrogens with zero attached hydrogens (tertiary/aromatic N) is 3. The minimum atomic E-state index is 0.686. The molecule has 0 aromatic carbocycles. The van der Waals surface area contributed by atoms with Crippen LogP contribution in [0, 0.1) is 5.92 Å². The molecule has 1 aromatic rings. The molecule has 2 saturated heterocycles. The van der Waals surface area contributed by atoms with E-state index in [0.717, 1.165) is 70.5 Å². The van der Waals surface area contributed by atoms with Crippen LogP contribution in [0.15, 0.2) is 12.4 Å². The summed E-state index contributed by atoms with van der Waals surface area (Å²) < 4.78 is 10.7. The average molecular weight is 278 g/mol. The molecule has 0 aliphatic carbocycles. The Morgan fingerprint density at radius 3 is 2.65 bits per heavy atom. The summed E-state index contributed by atoms with van der Waals surface area (Å²) in [6, 6.07) is 2.03. The Balaban J connectivity index is 1.56. The van der Waals surface area contributed by atoms with Crippen molar-refractivity contribution >= 4 is 11.6 Å². The summed E-state index contributed by atoms with van der Waals surface area (Å²) in [5.74, 6) is 2.58. The van der Waals surface area contributed by atoms with E-state index in [1.807, 2.05) is 6.07 Å². The first kappa shape index (κ1) is 13.6. The zero-order valence-electron chi connectivity index (χ0n) is 11.8. The molecule has 110 valence electrons. The molecular weight excluding hydrogens is 256 g/mol. The van der Waals surface area contributed by atoms with Crippen molar-refractivity contribution in [2.45, 2.75) is 12.8 Å². The molecule has 0 atom stereocenters. The second kappa shape index (κ2) is 6.85. The van der Waals surface area contributed by atoms with Gasteiger partial charge in [0, 0.05) is 38.9 Å². The molecule has 2 aliphatic heterocycles. The third-order valence-electron chi connectivity index (χ3n) is 3.90. The average Bonchev–Trinajstić information content (AvgIpc) is 2.55. The molecule has 6 nitrogen and oxygen atoms in total. The summed E-state index contributed by atoms with van der Waals surface area (Å²) in [4.78, 5) is 10.9. The molecule has 2 aliphatic rings. The summed E-state index contributed by atoms with van der Waals surface area (Å²) in [6.45, 7) is 6.07. The van der Waals surface area contributed by atoms with Crippen LogP contribution in [0.1, 0.15) is 12.8 Å². The zero-order valence-corrected chi connectivity index (χ0v) is 11.8. The number of nitrogens with one attached hydrogen (secondary N) is 1. The molecule has 6 heteroatoms. The lowest BCUT2D eigenvalue weighted by molar-refractivity contribution is 0.0699. The van der Waals surface area contributed by atoms with Gasteiger partial charge in [0.15, 0.2) is 0 Å². The predicted molar refractivity (Wildman–Crippen MR) is 77.1 cm³/mol. The van der Waals surface area contributed by atoms with Crippen molar-refractivity contribution in [3.05, 3.63) is 12.4 Å². The molecule has 1 N–H and O–H groups in total. The zero-order chi connectivity index (χ0) is 13.6. The van der Waals surface area contributed by atoms with Crippen molar-refractivity contribution in [2.24, 2.45) is 5.92 Å². The van der Waals surface area contributed by atoms with E-state index in [2.05, 4.69) is 20.2 Å². The number of hydrogen-bond acceptors (Lipinski definition) is 6. The van der Waals surface area contributed by atoms with E-state index in [1.54, 1.807) is 6.33 Å². The van der Waals surface area contributed by atoms with Crippen LogP contribution in [-0.2, 0) is 9.47 Å². The Labute approximate surface area is 119 Å². The Bertz CT molecular complexity index is 417. The molecule has 0 bridgehead atoms. The summed E-state index contributed by atoms with van der Waals surface area (Å²) in [6.07, 6.45) is 3.90. The second-order valence-electron chi connectivity index (χ2n) is 5.30. The van der Waals surface area contributed by atoms with Gasteiger partial charge in [0.1, 0.15) is 18.0 Å². The lowest BCUT2D eigenvalue weighted by Crippen LogP contribution is -2.36. The normalized spacial score (nSPS) is 20.9. The number of ether oxygens (including phenoxy) is 2. The lowest BCUT2D eigenvalue weighted by Gasteiger charge is -2.28. The highest BCUT2D eigenvalue weighted by molar-refractivity contribution is 5.48. The van der Waals surface area contributed by atoms with E-state index in [0.29, 0.717) is 5.92 Å². The number of morpholine rings is 1. The summed E-state index contributed by atoms with van der Waals surface area (Å²) in [7, 11) is 0.